The summed E-state index contributed by atoms with van der Waals surface area (Å²) in [5.41, 5.74) is 4.90. The van der Waals surface area contributed by atoms with E-state index in [1.165, 1.54) is 0 Å². The van der Waals surface area contributed by atoms with E-state index in [4.69, 9.17) is 5.26 Å². The average molecular weight is 385 g/mol. The summed E-state index contributed by atoms with van der Waals surface area (Å²) in [6.45, 7) is 2.00. The normalized spacial score (nSPS) is 10.9. The fraction of sp³-hybridized carbons (Fsp3) is 0.0833. The van der Waals surface area contributed by atoms with Crippen LogP contribution in [0.25, 0.3) is 16.8 Å². The number of nitrogens with zero attached hydrogens (tertiary/aromatic N) is 2. The Morgan fingerprint density at radius 3 is 2.07 bits per heavy atom. The fourth-order valence-electron chi connectivity index (χ4n) is 2.97. The number of hydrogen-bond acceptors (Lipinski definition) is 3. The molecule has 4 heteroatoms. The quantitative estimate of drug-likeness (QED) is 0.496. The van der Waals surface area contributed by atoms with Crippen molar-refractivity contribution >= 4 is 23.4 Å². The second-order valence-electron chi connectivity index (χ2n) is 6.25. The lowest BCUT2D eigenvalue weighted by atomic mass is 10.0. The Bertz CT molecular complexity index is 990. The number of amides is 1. The maximum Gasteiger partial charge on any atom is 0.224 e. The zero-order valence-electron chi connectivity index (χ0n) is 15.6. The van der Waals surface area contributed by atoms with Gasteiger partial charge in [-0.2, -0.15) is 5.26 Å². The van der Waals surface area contributed by atoms with Crippen molar-refractivity contribution in [3.63, 3.8) is 0 Å². The predicted octanol–water partition coefficient (Wildman–Crippen LogP) is 5.91. The van der Waals surface area contributed by atoms with Crippen LogP contribution in [0.15, 0.2) is 90.3 Å². The van der Waals surface area contributed by atoms with Gasteiger partial charge in [0.2, 0.25) is 5.91 Å². The molecule has 28 heavy (non-hydrogen) atoms. The smallest absolute Gasteiger partial charge is 0.224 e. The number of thiocyanates is 1. The summed E-state index contributed by atoms with van der Waals surface area (Å²) in [4.78, 5) is 14.1. The summed E-state index contributed by atoms with van der Waals surface area (Å²) in [6, 6.07) is 28.0. The molecule has 0 N–H and O–H groups in total. The van der Waals surface area contributed by atoms with Gasteiger partial charge in [-0.25, -0.2) is 0 Å². The molecule has 0 saturated heterocycles. The van der Waals surface area contributed by atoms with Gasteiger partial charge in [0.05, 0.1) is 12.2 Å². The topological polar surface area (TPSA) is 44.1 Å². The van der Waals surface area contributed by atoms with E-state index in [9.17, 15) is 4.79 Å². The average Bonchev–Trinajstić information content (AvgIpc) is 2.75. The Hall–Kier alpha value is -3.29. The lowest BCUT2D eigenvalue weighted by molar-refractivity contribution is -0.126. The Labute approximate surface area is 169 Å². The summed E-state index contributed by atoms with van der Waals surface area (Å²) in [6.07, 6.45) is 0. The fourth-order valence-corrected chi connectivity index (χ4v) is 3.39. The molecule has 0 saturated carbocycles. The van der Waals surface area contributed by atoms with Gasteiger partial charge in [-0.15, -0.1) is 0 Å². The Balaban J connectivity index is 1.94. The summed E-state index contributed by atoms with van der Waals surface area (Å²) < 4.78 is 0. The van der Waals surface area contributed by atoms with Crippen LogP contribution in [0.4, 0.5) is 0 Å². The highest BCUT2D eigenvalue weighted by molar-refractivity contribution is 8.06. The molecule has 0 aliphatic rings. The van der Waals surface area contributed by atoms with Crippen LogP contribution in [-0.2, 0) is 11.3 Å². The highest BCUT2D eigenvalue weighted by Gasteiger charge is 2.17. The number of hydrogen-bond donors (Lipinski definition) is 0. The number of benzene rings is 3. The Morgan fingerprint density at radius 2 is 1.50 bits per heavy atom. The summed E-state index contributed by atoms with van der Waals surface area (Å²) >= 11 is 1.02. The molecule has 0 radical (unpaired) electrons. The summed E-state index contributed by atoms with van der Waals surface area (Å²) in [5, 5.41) is 12.8. The predicted molar refractivity (Wildman–Crippen MR) is 116 cm³/mol. The molecule has 138 valence electrons. The second kappa shape index (κ2) is 9.59. The molecular formula is C24H20N2OS. The standard InChI is InChI=1S/C24H20N2OS/c1-19(27)26(16-20-8-4-2-5-9-20)24(17-28-18-25)23-14-12-22(13-15-23)21-10-6-3-7-11-21/h2-15,17H,16H2,1H3/b24-17+. The molecule has 3 aromatic rings. The molecular weight excluding hydrogens is 364 g/mol. The first-order chi connectivity index (χ1) is 13.7. The van der Waals surface area contributed by atoms with Gasteiger partial charge >= 0.3 is 0 Å². The van der Waals surface area contributed by atoms with E-state index in [0.717, 1.165) is 39.7 Å². The lowest BCUT2D eigenvalue weighted by Crippen LogP contribution is -2.26. The van der Waals surface area contributed by atoms with Crippen molar-refractivity contribution in [3.05, 3.63) is 101 Å². The van der Waals surface area contributed by atoms with Crippen LogP contribution in [-0.4, -0.2) is 10.8 Å². The monoisotopic (exact) mass is 384 g/mol. The highest BCUT2D eigenvalue weighted by atomic mass is 32.2. The molecule has 3 aromatic carbocycles. The van der Waals surface area contributed by atoms with Gasteiger partial charge in [0.1, 0.15) is 5.40 Å². The number of nitriles is 1. The van der Waals surface area contributed by atoms with Crippen LogP contribution in [0, 0.1) is 10.7 Å². The van der Waals surface area contributed by atoms with Crippen LogP contribution in [0.1, 0.15) is 18.1 Å². The number of carbonyl (C=O) groups is 1. The molecule has 1 amide bonds. The third kappa shape index (κ3) is 4.91. The highest BCUT2D eigenvalue weighted by Crippen LogP contribution is 2.27. The van der Waals surface area contributed by atoms with E-state index in [-0.39, 0.29) is 5.91 Å². The van der Waals surface area contributed by atoms with Crippen molar-refractivity contribution in [2.75, 3.05) is 0 Å². The van der Waals surface area contributed by atoms with Crippen molar-refractivity contribution < 1.29 is 4.79 Å². The van der Waals surface area contributed by atoms with Gasteiger partial charge in [-0.1, -0.05) is 84.9 Å². The van der Waals surface area contributed by atoms with E-state index in [0.29, 0.717) is 6.54 Å². The molecule has 0 fully saturated rings. The number of rotatable bonds is 6. The molecule has 0 heterocycles. The number of carbonyl (C=O) groups excluding carboxylic acids is 1. The molecule has 3 nitrogen and oxygen atoms in total. The van der Waals surface area contributed by atoms with E-state index in [1.54, 1.807) is 17.2 Å². The van der Waals surface area contributed by atoms with Crippen LogP contribution in [0.2, 0.25) is 0 Å². The number of thioether (sulfide) groups is 1. The minimum atomic E-state index is -0.0687. The molecule has 3 rings (SSSR count). The maximum absolute atomic E-state index is 12.4. The molecule has 0 unspecified atom stereocenters. The third-order valence-electron chi connectivity index (χ3n) is 4.37. The van der Waals surface area contributed by atoms with Gasteiger partial charge < -0.3 is 4.90 Å². The molecule has 0 bridgehead atoms. The van der Waals surface area contributed by atoms with Crippen LogP contribution >= 0.6 is 11.8 Å². The maximum atomic E-state index is 12.4. The zero-order valence-corrected chi connectivity index (χ0v) is 16.4. The van der Waals surface area contributed by atoms with Crippen molar-refractivity contribution in [2.24, 2.45) is 0 Å². The van der Waals surface area contributed by atoms with E-state index in [1.807, 2.05) is 72.8 Å². The molecule has 0 atom stereocenters. The van der Waals surface area contributed by atoms with Gasteiger partial charge in [0.15, 0.2) is 0 Å². The zero-order chi connectivity index (χ0) is 19.8. The van der Waals surface area contributed by atoms with Crippen molar-refractivity contribution in [1.29, 1.82) is 5.26 Å². The summed E-state index contributed by atoms with van der Waals surface area (Å²) in [5.74, 6) is -0.0687. The Kier molecular flexibility index (Phi) is 6.67. The van der Waals surface area contributed by atoms with Gasteiger partial charge in [-0.3, -0.25) is 4.79 Å². The van der Waals surface area contributed by atoms with Crippen molar-refractivity contribution in [2.45, 2.75) is 13.5 Å². The SMILES string of the molecule is CC(=O)N(Cc1ccccc1)/C(=C/SC#N)c1ccc(-c2ccccc2)cc1. The van der Waals surface area contributed by atoms with Gasteiger partial charge in [0, 0.05) is 12.3 Å². The summed E-state index contributed by atoms with van der Waals surface area (Å²) in [7, 11) is 0. The third-order valence-corrected chi connectivity index (χ3v) is 4.81. The van der Waals surface area contributed by atoms with Crippen LogP contribution in [0.5, 0.6) is 0 Å². The van der Waals surface area contributed by atoms with Crippen LogP contribution < -0.4 is 0 Å². The first-order valence-electron chi connectivity index (χ1n) is 8.92. The van der Waals surface area contributed by atoms with Crippen LogP contribution in [0.3, 0.4) is 0 Å². The van der Waals surface area contributed by atoms with E-state index in [2.05, 4.69) is 17.5 Å². The van der Waals surface area contributed by atoms with Gasteiger partial charge in [-0.05, 0) is 34.0 Å². The van der Waals surface area contributed by atoms with Crippen molar-refractivity contribution in [3.8, 4) is 16.5 Å². The first kappa shape index (κ1) is 19.5. The lowest BCUT2D eigenvalue weighted by Gasteiger charge is -2.24. The largest absolute Gasteiger partial charge is 0.307 e. The molecule has 0 aromatic heterocycles. The van der Waals surface area contributed by atoms with Gasteiger partial charge in [0.25, 0.3) is 0 Å². The molecule has 0 spiro atoms. The first-order valence-corrected chi connectivity index (χ1v) is 9.80. The minimum absolute atomic E-state index is 0.0687. The van der Waals surface area contributed by atoms with Crippen molar-refractivity contribution in [1.82, 2.24) is 4.90 Å². The minimum Gasteiger partial charge on any atom is -0.307 e. The van der Waals surface area contributed by atoms with E-state index >= 15 is 0 Å². The molecule has 0 aliphatic heterocycles. The Morgan fingerprint density at radius 1 is 0.929 bits per heavy atom. The van der Waals surface area contributed by atoms with E-state index < -0.39 is 0 Å². The second-order valence-corrected chi connectivity index (χ2v) is 6.90. The molecule has 0 aliphatic carbocycles.